The Morgan fingerprint density at radius 2 is 1.12 bits per heavy atom. The Balaban J connectivity index is 1.22. The number of fused-ring (bicyclic) bond motifs is 3. The second-order valence-corrected chi connectivity index (χ2v) is 11.6. The van der Waals surface area contributed by atoms with Crippen molar-refractivity contribution in [1.29, 1.82) is 0 Å². The third-order valence-corrected chi connectivity index (χ3v) is 9.03. The topological polar surface area (TPSA) is 38.7 Å². The van der Waals surface area contributed by atoms with Gasteiger partial charge in [0.25, 0.3) is 0 Å². The smallest absolute Gasteiger partial charge is 0.161 e. The van der Waals surface area contributed by atoms with Crippen molar-refractivity contribution in [2.75, 3.05) is 0 Å². The fourth-order valence-electron chi connectivity index (χ4n) is 5.65. The van der Waals surface area contributed by atoms with Gasteiger partial charge in [0.05, 0.1) is 11.4 Å². The second kappa shape index (κ2) is 10.8. The van der Waals surface area contributed by atoms with Crippen LogP contribution in [0.25, 0.3) is 76.3 Å². The van der Waals surface area contributed by atoms with Gasteiger partial charge in [0.15, 0.2) is 5.82 Å². The van der Waals surface area contributed by atoms with Crippen LogP contribution in [0, 0.1) is 0 Å². The number of aromatic nitrogens is 3. The van der Waals surface area contributed by atoms with Gasteiger partial charge < -0.3 is 0 Å². The van der Waals surface area contributed by atoms with Crippen molar-refractivity contribution in [3.05, 3.63) is 152 Å². The monoisotopic (exact) mass is 567 g/mol. The molecule has 0 aliphatic heterocycles. The van der Waals surface area contributed by atoms with Crippen LogP contribution in [0.5, 0.6) is 0 Å². The van der Waals surface area contributed by atoms with Crippen LogP contribution < -0.4 is 0 Å². The molecule has 0 bridgehead atoms. The molecule has 0 atom stereocenters. The van der Waals surface area contributed by atoms with Crippen LogP contribution in [-0.2, 0) is 0 Å². The fraction of sp³-hybridized carbons (Fsp3) is 0. The van der Waals surface area contributed by atoms with Crippen LogP contribution in [0.4, 0.5) is 0 Å². The summed E-state index contributed by atoms with van der Waals surface area (Å²) in [7, 11) is 0. The van der Waals surface area contributed by atoms with Gasteiger partial charge in [-0.15, -0.1) is 11.3 Å². The number of hydrogen-bond donors (Lipinski definition) is 0. The van der Waals surface area contributed by atoms with Crippen LogP contribution in [0.3, 0.4) is 0 Å². The minimum Gasteiger partial charge on any atom is -0.264 e. The molecule has 0 saturated heterocycles. The molecule has 5 aromatic carbocycles. The van der Waals surface area contributed by atoms with E-state index in [1.165, 1.54) is 36.9 Å². The van der Waals surface area contributed by atoms with Crippen LogP contribution in [0.2, 0.25) is 0 Å². The molecule has 202 valence electrons. The Morgan fingerprint density at radius 1 is 0.442 bits per heavy atom. The predicted molar refractivity (Wildman–Crippen MR) is 180 cm³/mol. The van der Waals surface area contributed by atoms with E-state index in [2.05, 4.69) is 126 Å². The normalized spacial score (nSPS) is 11.3. The lowest BCUT2D eigenvalue weighted by Crippen LogP contribution is -1.96. The standard InChI is InChI=1S/C39H25N3S/c1-2-9-26(10-3-1)29-11-6-12-30(23-29)36-24-35(41-39(42-36)31-13-8-22-40-25-31)28-20-18-27(19-21-28)32-15-7-16-34-33-14-4-5-17-37(33)43-38(32)34/h1-25H. The van der Waals surface area contributed by atoms with Crippen molar-refractivity contribution in [2.45, 2.75) is 0 Å². The molecule has 0 unspecified atom stereocenters. The minimum atomic E-state index is 0.657. The molecule has 0 fully saturated rings. The Bertz CT molecular complexity index is 2220. The van der Waals surface area contributed by atoms with E-state index >= 15 is 0 Å². The van der Waals surface area contributed by atoms with Crippen molar-refractivity contribution in [3.8, 4) is 56.2 Å². The van der Waals surface area contributed by atoms with E-state index in [4.69, 9.17) is 9.97 Å². The molecule has 3 heterocycles. The Hall–Kier alpha value is -5.45. The van der Waals surface area contributed by atoms with Crippen LogP contribution in [-0.4, -0.2) is 15.0 Å². The van der Waals surface area contributed by atoms with Crippen molar-refractivity contribution < 1.29 is 0 Å². The molecule has 8 rings (SSSR count). The molecular weight excluding hydrogens is 543 g/mol. The highest BCUT2D eigenvalue weighted by atomic mass is 32.1. The maximum atomic E-state index is 5.01. The molecule has 0 radical (unpaired) electrons. The molecule has 3 nitrogen and oxygen atoms in total. The summed E-state index contributed by atoms with van der Waals surface area (Å²) in [6.07, 6.45) is 3.59. The van der Waals surface area contributed by atoms with E-state index in [0.29, 0.717) is 5.82 Å². The zero-order chi connectivity index (χ0) is 28.6. The Morgan fingerprint density at radius 3 is 1.95 bits per heavy atom. The molecule has 4 heteroatoms. The van der Waals surface area contributed by atoms with Crippen molar-refractivity contribution in [1.82, 2.24) is 15.0 Å². The Labute approximate surface area is 253 Å². The van der Waals surface area contributed by atoms with Crippen LogP contribution >= 0.6 is 11.3 Å². The number of thiophene rings is 1. The van der Waals surface area contributed by atoms with E-state index in [1.807, 2.05) is 35.7 Å². The summed E-state index contributed by atoms with van der Waals surface area (Å²) >= 11 is 1.86. The molecule has 0 N–H and O–H groups in total. The first-order valence-corrected chi connectivity index (χ1v) is 15.1. The molecule has 0 amide bonds. The molecule has 43 heavy (non-hydrogen) atoms. The van der Waals surface area contributed by atoms with Crippen molar-refractivity contribution >= 4 is 31.5 Å². The van der Waals surface area contributed by atoms with E-state index in [0.717, 1.165) is 33.6 Å². The first kappa shape index (κ1) is 25.3. The van der Waals surface area contributed by atoms with Gasteiger partial charge in [-0.3, -0.25) is 4.98 Å². The Kier molecular flexibility index (Phi) is 6.32. The molecule has 0 aliphatic carbocycles. The lowest BCUT2D eigenvalue weighted by molar-refractivity contribution is 1.17. The van der Waals surface area contributed by atoms with Gasteiger partial charge in [0.2, 0.25) is 0 Å². The molecule has 0 aliphatic rings. The minimum absolute atomic E-state index is 0.657. The van der Waals surface area contributed by atoms with Crippen LogP contribution in [0.15, 0.2) is 152 Å². The summed E-state index contributed by atoms with van der Waals surface area (Å²) in [6, 6.07) is 49.0. The number of pyridine rings is 1. The summed E-state index contributed by atoms with van der Waals surface area (Å²) in [5.41, 5.74) is 9.50. The quantitative estimate of drug-likeness (QED) is 0.208. The maximum Gasteiger partial charge on any atom is 0.161 e. The van der Waals surface area contributed by atoms with Gasteiger partial charge in [0.1, 0.15) is 0 Å². The van der Waals surface area contributed by atoms with Gasteiger partial charge in [-0.1, -0.05) is 109 Å². The number of nitrogens with zero attached hydrogens (tertiary/aromatic N) is 3. The van der Waals surface area contributed by atoms with Crippen LogP contribution in [0.1, 0.15) is 0 Å². The average Bonchev–Trinajstić information content (AvgIpc) is 3.48. The highest BCUT2D eigenvalue weighted by molar-refractivity contribution is 7.26. The highest BCUT2D eigenvalue weighted by Gasteiger charge is 2.13. The molecular formula is C39H25N3S. The van der Waals surface area contributed by atoms with E-state index < -0.39 is 0 Å². The fourth-order valence-corrected chi connectivity index (χ4v) is 6.89. The summed E-state index contributed by atoms with van der Waals surface area (Å²) in [5, 5.41) is 2.62. The van der Waals surface area contributed by atoms with E-state index in [-0.39, 0.29) is 0 Å². The second-order valence-electron chi connectivity index (χ2n) is 10.5. The van der Waals surface area contributed by atoms with Gasteiger partial charge >= 0.3 is 0 Å². The first-order valence-electron chi connectivity index (χ1n) is 14.3. The molecule has 0 spiro atoms. The number of rotatable bonds is 5. The zero-order valence-electron chi connectivity index (χ0n) is 23.2. The largest absolute Gasteiger partial charge is 0.264 e. The maximum absolute atomic E-state index is 5.01. The third kappa shape index (κ3) is 4.78. The first-order chi connectivity index (χ1) is 21.3. The van der Waals surface area contributed by atoms with Crippen molar-refractivity contribution in [3.63, 3.8) is 0 Å². The molecule has 8 aromatic rings. The molecule has 0 saturated carbocycles. The number of hydrogen-bond acceptors (Lipinski definition) is 4. The third-order valence-electron chi connectivity index (χ3n) is 7.81. The summed E-state index contributed by atoms with van der Waals surface area (Å²) in [4.78, 5) is 14.3. The van der Waals surface area contributed by atoms with Gasteiger partial charge in [-0.25, -0.2) is 9.97 Å². The lowest BCUT2D eigenvalue weighted by Gasteiger charge is -2.11. The molecule has 3 aromatic heterocycles. The summed E-state index contributed by atoms with van der Waals surface area (Å²) in [6.45, 7) is 0. The predicted octanol–water partition coefficient (Wildman–Crippen LogP) is 10.6. The van der Waals surface area contributed by atoms with Gasteiger partial charge in [0, 0.05) is 49.3 Å². The summed E-state index contributed by atoms with van der Waals surface area (Å²) < 4.78 is 2.63. The van der Waals surface area contributed by atoms with E-state index in [9.17, 15) is 0 Å². The number of benzene rings is 5. The highest BCUT2D eigenvalue weighted by Crippen LogP contribution is 2.40. The summed E-state index contributed by atoms with van der Waals surface area (Å²) in [5.74, 6) is 0.657. The van der Waals surface area contributed by atoms with E-state index in [1.54, 1.807) is 6.20 Å². The average molecular weight is 568 g/mol. The van der Waals surface area contributed by atoms with Gasteiger partial charge in [-0.05, 0) is 52.6 Å². The SMILES string of the molecule is c1ccc(-c2cccc(-c3cc(-c4ccc(-c5cccc6c5sc5ccccc56)cc4)nc(-c4cccnc4)n3)c2)cc1. The van der Waals surface area contributed by atoms with Gasteiger partial charge in [-0.2, -0.15) is 0 Å². The lowest BCUT2D eigenvalue weighted by atomic mass is 9.99. The zero-order valence-corrected chi connectivity index (χ0v) is 24.0. The van der Waals surface area contributed by atoms with Crippen molar-refractivity contribution in [2.24, 2.45) is 0 Å².